The van der Waals surface area contributed by atoms with E-state index >= 15 is 0 Å². The fraction of sp³-hybridized carbons (Fsp3) is 0.125. The topological polar surface area (TPSA) is 63.4 Å². The molecule has 4 nitrogen and oxygen atoms in total. The van der Waals surface area contributed by atoms with E-state index < -0.39 is 0 Å². The fourth-order valence-electron chi connectivity index (χ4n) is 2.54. The van der Waals surface area contributed by atoms with Gasteiger partial charge in [0.2, 0.25) is 0 Å². The van der Waals surface area contributed by atoms with E-state index in [1.54, 1.807) is 24.3 Å². The fourth-order valence-corrected chi connectivity index (χ4v) is 2.54. The Morgan fingerprint density at radius 2 is 1.25 bits per heavy atom. The Morgan fingerprint density at radius 3 is 1.70 bits per heavy atom. The lowest BCUT2D eigenvalue weighted by Crippen LogP contribution is -2.29. The van der Waals surface area contributed by atoms with Crippen molar-refractivity contribution in [1.29, 1.82) is 0 Å². The number of nitrogens with zero attached hydrogens (tertiary/aromatic N) is 1. The van der Waals surface area contributed by atoms with Gasteiger partial charge in [0.05, 0.1) is 16.8 Å². The average Bonchev–Trinajstić information content (AvgIpc) is 2.69. The van der Waals surface area contributed by atoms with Gasteiger partial charge in [0.15, 0.2) is 0 Å². The number of nitrogen functional groups attached to an aromatic ring is 1. The molecule has 0 saturated carbocycles. The zero-order valence-corrected chi connectivity index (χ0v) is 11.3. The first-order valence-corrected chi connectivity index (χ1v) is 6.35. The summed E-state index contributed by atoms with van der Waals surface area (Å²) in [6.45, 7) is 3.69. The second kappa shape index (κ2) is 4.20. The molecule has 2 aromatic rings. The lowest BCUT2D eigenvalue weighted by Gasteiger charge is -2.14. The molecule has 3 rings (SSSR count). The first-order valence-electron chi connectivity index (χ1n) is 6.35. The van der Waals surface area contributed by atoms with Crippen LogP contribution < -0.4 is 10.6 Å². The summed E-state index contributed by atoms with van der Waals surface area (Å²) in [5.74, 6) is -0.535. The number of hydrogen-bond donors (Lipinski definition) is 1. The van der Waals surface area contributed by atoms with Crippen LogP contribution in [0, 0.1) is 13.8 Å². The maximum atomic E-state index is 12.5. The van der Waals surface area contributed by atoms with E-state index in [-0.39, 0.29) is 11.8 Å². The number of carbonyl (C=O) groups excluding carboxylic acids is 2. The molecule has 0 bridgehead atoms. The molecule has 0 fully saturated rings. The summed E-state index contributed by atoms with van der Waals surface area (Å²) >= 11 is 0. The number of amides is 2. The molecule has 4 heteroatoms. The number of imide groups is 1. The van der Waals surface area contributed by atoms with Gasteiger partial charge in [0.25, 0.3) is 11.8 Å². The number of rotatable bonds is 1. The molecule has 100 valence electrons. The molecule has 0 aliphatic carbocycles. The Bertz CT molecular complexity index is 692. The molecule has 0 atom stereocenters. The maximum absolute atomic E-state index is 12.5. The predicted octanol–water partition coefficient (Wildman–Crippen LogP) is 2.69. The van der Waals surface area contributed by atoms with Gasteiger partial charge in [-0.3, -0.25) is 9.59 Å². The molecular formula is C16H14N2O2. The Morgan fingerprint density at radius 1 is 0.800 bits per heavy atom. The van der Waals surface area contributed by atoms with Crippen LogP contribution in [0.2, 0.25) is 0 Å². The van der Waals surface area contributed by atoms with Crippen LogP contribution in [-0.4, -0.2) is 11.8 Å². The summed E-state index contributed by atoms with van der Waals surface area (Å²) in [6, 6.07) is 10.5. The molecule has 1 aliphatic heterocycles. The molecule has 2 N–H and O–H groups in total. The molecule has 0 radical (unpaired) electrons. The summed E-state index contributed by atoms with van der Waals surface area (Å²) in [6.07, 6.45) is 0. The van der Waals surface area contributed by atoms with Crippen molar-refractivity contribution < 1.29 is 9.59 Å². The highest BCUT2D eigenvalue weighted by molar-refractivity contribution is 6.35. The largest absolute Gasteiger partial charge is 0.399 e. The standard InChI is InChI=1S/C16H14N2O2/c1-9-3-4-10(2)14-13(9)15(19)18(16(14)20)12-7-5-11(17)6-8-12/h3-8H,17H2,1-2H3. The van der Waals surface area contributed by atoms with E-state index in [0.29, 0.717) is 22.5 Å². The highest BCUT2D eigenvalue weighted by Gasteiger charge is 2.38. The van der Waals surface area contributed by atoms with Gasteiger partial charge >= 0.3 is 0 Å². The summed E-state index contributed by atoms with van der Waals surface area (Å²) < 4.78 is 0. The monoisotopic (exact) mass is 266 g/mol. The van der Waals surface area contributed by atoms with Crippen LogP contribution in [0.3, 0.4) is 0 Å². The van der Waals surface area contributed by atoms with Crippen molar-refractivity contribution in [3.8, 4) is 0 Å². The van der Waals surface area contributed by atoms with E-state index in [1.807, 2.05) is 26.0 Å². The van der Waals surface area contributed by atoms with Gasteiger partial charge in [-0.05, 0) is 49.2 Å². The molecule has 1 heterocycles. The summed E-state index contributed by atoms with van der Waals surface area (Å²) in [7, 11) is 0. The van der Waals surface area contributed by atoms with Gasteiger partial charge in [-0.15, -0.1) is 0 Å². The first kappa shape index (κ1) is 12.4. The normalized spacial score (nSPS) is 13.8. The number of nitrogens with two attached hydrogens (primary N) is 1. The molecular weight excluding hydrogens is 252 g/mol. The van der Waals surface area contributed by atoms with E-state index in [1.165, 1.54) is 4.90 Å². The predicted molar refractivity (Wildman–Crippen MR) is 77.9 cm³/mol. The minimum Gasteiger partial charge on any atom is -0.399 e. The second-order valence-corrected chi connectivity index (χ2v) is 4.99. The van der Waals surface area contributed by atoms with Gasteiger partial charge in [0, 0.05) is 5.69 Å². The zero-order valence-electron chi connectivity index (χ0n) is 11.3. The highest BCUT2D eigenvalue weighted by Crippen LogP contribution is 2.32. The van der Waals surface area contributed by atoms with Gasteiger partial charge in [-0.25, -0.2) is 4.90 Å². The van der Waals surface area contributed by atoms with Crippen molar-refractivity contribution in [2.45, 2.75) is 13.8 Å². The number of carbonyl (C=O) groups is 2. The number of hydrogen-bond acceptors (Lipinski definition) is 3. The SMILES string of the molecule is Cc1ccc(C)c2c1C(=O)N(c1ccc(N)cc1)C2=O. The Labute approximate surface area is 116 Å². The highest BCUT2D eigenvalue weighted by atomic mass is 16.2. The van der Waals surface area contributed by atoms with E-state index in [9.17, 15) is 9.59 Å². The third-order valence-electron chi connectivity index (χ3n) is 3.61. The number of fused-ring (bicyclic) bond motifs is 1. The molecule has 0 spiro atoms. The maximum Gasteiger partial charge on any atom is 0.266 e. The van der Waals surface area contributed by atoms with Gasteiger partial charge in [-0.1, -0.05) is 12.1 Å². The van der Waals surface area contributed by atoms with Crippen LogP contribution in [0.5, 0.6) is 0 Å². The molecule has 1 aliphatic rings. The lowest BCUT2D eigenvalue weighted by atomic mass is 9.99. The molecule has 0 aromatic heterocycles. The minimum absolute atomic E-state index is 0.268. The van der Waals surface area contributed by atoms with Crippen molar-refractivity contribution >= 4 is 23.2 Å². The third-order valence-corrected chi connectivity index (χ3v) is 3.61. The van der Waals surface area contributed by atoms with Crippen LogP contribution in [0.4, 0.5) is 11.4 Å². The van der Waals surface area contributed by atoms with Crippen molar-refractivity contribution in [2.75, 3.05) is 10.6 Å². The van der Waals surface area contributed by atoms with Crippen molar-refractivity contribution in [3.63, 3.8) is 0 Å². The van der Waals surface area contributed by atoms with Crippen LogP contribution in [0.25, 0.3) is 0 Å². The lowest BCUT2D eigenvalue weighted by molar-refractivity contribution is 0.0926. The summed E-state index contributed by atoms with van der Waals surface area (Å²) in [5, 5.41) is 0. The minimum atomic E-state index is -0.268. The van der Waals surface area contributed by atoms with Crippen molar-refractivity contribution in [3.05, 3.63) is 58.7 Å². The number of benzene rings is 2. The van der Waals surface area contributed by atoms with Gasteiger partial charge in [-0.2, -0.15) is 0 Å². The first-order chi connectivity index (χ1) is 9.50. The molecule has 2 amide bonds. The molecule has 0 saturated heterocycles. The summed E-state index contributed by atoms with van der Waals surface area (Å²) in [4.78, 5) is 26.3. The average molecular weight is 266 g/mol. The van der Waals surface area contributed by atoms with Crippen LogP contribution >= 0.6 is 0 Å². The van der Waals surface area contributed by atoms with Crippen LogP contribution in [0.1, 0.15) is 31.8 Å². The Hall–Kier alpha value is -2.62. The van der Waals surface area contributed by atoms with Gasteiger partial charge in [0.1, 0.15) is 0 Å². The van der Waals surface area contributed by atoms with E-state index in [2.05, 4.69) is 0 Å². The quantitative estimate of drug-likeness (QED) is 0.637. The molecule has 2 aromatic carbocycles. The number of aryl methyl sites for hydroxylation is 2. The van der Waals surface area contributed by atoms with E-state index in [4.69, 9.17) is 5.73 Å². The zero-order chi connectivity index (χ0) is 14.4. The molecule has 0 unspecified atom stereocenters. The van der Waals surface area contributed by atoms with E-state index in [0.717, 1.165) is 11.1 Å². The van der Waals surface area contributed by atoms with Crippen LogP contribution in [-0.2, 0) is 0 Å². The van der Waals surface area contributed by atoms with Crippen LogP contribution in [0.15, 0.2) is 36.4 Å². The summed E-state index contributed by atoms with van der Waals surface area (Å²) in [5.41, 5.74) is 9.43. The van der Waals surface area contributed by atoms with Crippen molar-refractivity contribution in [2.24, 2.45) is 0 Å². The van der Waals surface area contributed by atoms with Gasteiger partial charge < -0.3 is 5.73 Å². The smallest absolute Gasteiger partial charge is 0.266 e. The Balaban J connectivity index is 2.17. The molecule has 20 heavy (non-hydrogen) atoms. The Kier molecular flexibility index (Phi) is 2.61. The third kappa shape index (κ3) is 1.61. The second-order valence-electron chi connectivity index (χ2n) is 4.99. The number of anilines is 2. The van der Waals surface area contributed by atoms with Crippen molar-refractivity contribution in [1.82, 2.24) is 0 Å².